The highest BCUT2D eigenvalue weighted by Gasteiger charge is 2.25. The van der Waals surface area contributed by atoms with Crippen LogP contribution in [0.1, 0.15) is 25.2 Å². The topological polar surface area (TPSA) is 158 Å². The van der Waals surface area contributed by atoms with Crippen LogP contribution >= 0.6 is 0 Å². The summed E-state index contributed by atoms with van der Waals surface area (Å²) in [5, 5.41) is 1.07. The minimum Gasteiger partial charge on any atom is -0.377 e. The van der Waals surface area contributed by atoms with Gasteiger partial charge in [-0.25, -0.2) is 13.4 Å². The normalized spacial score (nSPS) is 19.2. The first-order chi connectivity index (χ1) is 26.3. The van der Waals surface area contributed by atoms with Gasteiger partial charge in [0.05, 0.1) is 70.5 Å². The monoisotopic (exact) mass is 783 g/mol. The van der Waals surface area contributed by atoms with Crippen molar-refractivity contribution < 1.29 is 17.9 Å². The van der Waals surface area contributed by atoms with E-state index in [0.717, 1.165) is 22.0 Å². The molecule has 0 N–H and O–H groups in total. The van der Waals surface area contributed by atoms with E-state index in [1.54, 1.807) is 24.8 Å². The molecule has 55 heavy (non-hydrogen) atoms. The van der Waals surface area contributed by atoms with E-state index < -0.39 is 19.5 Å². The fraction of sp³-hybridized carbons (Fsp3) is 0.395. The Bertz CT molecular complexity index is 2670. The second-order valence-corrected chi connectivity index (χ2v) is 19.5. The van der Waals surface area contributed by atoms with Gasteiger partial charge >= 0.3 is 0 Å². The highest BCUT2D eigenvalue weighted by atomic mass is 32.2. The molecule has 0 spiro atoms. The fourth-order valence-corrected chi connectivity index (χ4v) is 9.06. The van der Waals surface area contributed by atoms with Crippen LogP contribution in [0.3, 0.4) is 0 Å². The summed E-state index contributed by atoms with van der Waals surface area (Å²) in [6.07, 6.45) is 6.77. The van der Waals surface area contributed by atoms with Crippen molar-refractivity contribution in [1.82, 2.24) is 34.1 Å². The molecule has 2 fully saturated rings. The first kappa shape index (κ1) is 37.0. The van der Waals surface area contributed by atoms with E-state index >= 15 is 0 Å². The largest absolute Gasteiger partial charge is 0.377 e. The quantitative estimate of drug-likeness (QED) is 0.189. The number of rotatable bonds is 8. The van der Waals surface area contributed by atoms with Gasteiger partial charge in [0, 0.05) is 65.3 Å². The third-order valence-corrected chi connectivity index (χ3v) is 11.7. The molecule has 2 aromatic carbocycles. The van der Waals surface area contributed by atoms with E-state index in [2.05, 4.69) is 28.0 Å². The zero-order valence-electron chi connectivity index (χ0n) is 31.8. The Morgan fingerprint density at radius 2 is 1.38 bits per heavy atom. The van der Waals surface area contributed by atoms with Crippen LogP contribution in [0.4, 0.5) is 23.3 Å². The highest BCUT2D eigenvalue weighted by molar-refractivity contribution is 7.92. The summed E-state index contributed by atoms with van der Waals surface area (Å²) in [6, 6.07) is 19.7. The van der Waals surface area contributed by atoms with Gasteiger partial charge in [0.1, 0.15) is 17.5 Å². The van der Waals surface area contributed by atoms with Gasteiger partial charge in [-0.05, 0) is 50.6 Å². The van der Waals surface area contributed by atoms with Crippen molar-refractivity contribution in [2.24, 2.45) is 8.73 Å². The van der Waals surface area contributed by atoms with E-state index in [1.807, 2.05) is 76.9 Å². The Morgan fingerprint density at radius 1 is 0.745 bits per heavy atom. The van der Waals surface area contributed by atoms with Crippen molar-refractivity contribution >= 4 is 64.7 Å². The number of hydrogen-bond donors (Lipinski definition) is 0. The molecule has 0 bridgehead atoms. The van der Waals surface area contributed by atoms with Gasteiger partial charge < -0.3 is 19.3 Å². The molecule has 6 heterocycles. The standard InChI is InChI=1S/C38H45N11O4S2/c1-25-22-52-17-15-46(25)35-21-34(40-37(42-35)48-14-13-29-9-7-8-10-31(29)48)45-55(6,51)24-28-11-12-32-30(19-28)39-27(3)49(32)38-41-33(44-54(4,5)50)20-36(43-38)47-16-18-53-23-26(47)2/h7-14,19-21,25-26H,15-18,22-24H2,1-6H3/t25-,26-,55?/m1/s1. The van der Waals surface area contributed by atoms with Gasteiger partial charge in [-0.3, -0.25) is 9.13 Å². The third kappa shape index (κ3) is 7.92. The number of fused-ring (bicyclic) bond motifs is 2. The fourth-order valence-electron chi connectivity index (χ4n) is 7.16. The average molecular weight is 784 g/mol. The second kappa shape index (κ2) is 14.6. The van der Waals surface area contributed by atoms with Crippen molar-refractivity contribution in [2.45, 2.75) is 38.6 Å². The number of nitrogens with zero attached hydrogens (tertiary/aromatic N) is 11. The van der Waals surface area contributed by atoms with Crippen molar-refractivity contribution in [2.75, 3.05) is 68.1 Å². The Kier molecular flexibility index (Phi) is 9.81. The first-order valence-electron chi connectivity index (χ1n) is 18.2. The summed E-state index contributed by atoms with van der Waals surface area (Å²) in [5.41, 5.74) is 3.25. The summed E-state index contributed by atoms with van der Waals surface area (Å²) in [7, 11) is -5.32. The minimum atomic E-state index is -2.83. The maximum absolute atomic E-state index is 14.3. The van der Waals surface area contributed by atoms with Crippen molar-refractivity contribution in [3.05, 3.63) is 78.2 Å². The van der Waals surface area contributed by atoms with Crippen LogP contribution in [0.15, 0.2) is 75.6 Å². The Labute approximate surface area is 321 Å². The summed E-state index contributed by atoms with van der Waals surface area (Å²) >= 11 is 0. The molecule has 2 saturated heterocycles. The molecule has 0 saturated carbocycles. The van der Waals surface area contributed by atoms with Crippen molar-refractivity contribution in [3.63, 3.8) is 0 Å². The number of anilines is 2. The average Bonchev–Trinajstić information content (AvgIpc) is 3.71. The van der Waals surface area contributed by atoms with E-state index in [0.29, 0.717) is 86.0 Å². The number of para-hydroxylation sites is 1. The molecular formula is C38H45N11O4S2. The number of morpholine rings is 2. The zero-order valence-corrected chi connectivity index (χ0v) is 33.5. The van der Waals surface area contributed by atoms with Gasteiger partial charge in [0.25, 0.3) is 0 Å². The molecule has 0 radical (unpaired) electrons. The maximum Gasteiger partial charge on any atom is 0.239 e. The molecule has 0 aliphatic carbocycles. The van der Waals surface area contributed by atoms with Crippen LogP contribution in [0.2, 0.25) is 0 Å². The predicted octanol–water partition coefficient (Wildman–Crippen LogP) is 5.60. The van der Waals surface area contributed by atoms with Gasteiger partial charge in [0.2, 0.25) is 11.9 Å². The van der Waals surface area contributed by atoms with Crippen LogP contribution in [-0.2, 0) is 34.7 Å². The maximum atomic E-state index is 14.3. The lowest BCUT2D eigenvalue weighted by Gasteiger charge is -2.34. The van der Waals surface area contributed by atoms with Crippen LogP contribution in [0.25, 0.3) is 33.8 Å². The van der Waals surface area contributed by atoms with E-state index in [9.17, 15) is 8.42 Å². The Morgan fingerprint density at radius 3 is 2.05 bits per heavy atom. The Hall–Kier alpha value is -4.97. The van der Waals surface area contributed by atoms with Gasteiger partial charge in [-0.1, -0.05) is 24.3 Å². The lowest BCUT2D eigenvalue weighted by Crippen LogP contribution is -2.44. The lowest BCUT2D eigenvalue weighted by atomic mass is 10.2. The van der Waals surface area contributed by atoms with Crippen LogP contribution in [-0.4, -0.2) is 113 Å². The van der Waals surface area contributed by atoms with Crippen molar-refractivity contribution in [1.29, 1.82) is 0 Å². The molecule has 1 unspecified atom stereocenters. The summed E-state index contributed by atoms with van der Waals surface area (Å²) < 4.78 is 51.4. The van der Waals surface area contributed by atoms with Gasteiger partial charge in [-0.15, -0.1) is 0 Å². The van der Waals surface area contributed by atoms with Gasteiger partial charge in [-0.2, -0.15) is 28.7 Å². The lowest BCUT2D eigenvalue weighted by molar-refractivity contribution is 0.0985. The summed E-state index contributed by atoms with van der Waals surface area (Å²) in [6.45, 7) is 9.72. The molecule has 15 nitrogen and oxygen atoms in total. The Balaban J connectivity index is 1.15. The molecule has 2 aliphatic rings. The summed E-state index contributed by atoms with van der Waals surface area (Å²) in [5.74, 6) is 3.74. The molecule has 6 aromatic rings. The van der Waals surface area contributed by atoms with Crippen LogP contribution < -0.4 is 9.80 Å². The number of aromatic nitrogens is 7. The second-order valence-electron chi connectivity index (χ2n) is 14.5. The minimum absolute atomic E-state index is 0.0895. The number of ether oxygens (including phenoxy) is 2. The van der Waals surface area contributed by atoms with E-state index in [4.69, 9.17) is 38.8 Å². The zero-order chi connectivity index (χ0) is 38.5. The summed E-state index contributed by atoms with van der Waals surface area (Å²) in [4.78, 5) is 28.7. The molecule has 8 rings (SSSR count). The van der Waals surface area contributed by atoms with Crippen LogP contribution in [0, 0.1) is 6.92 Å². The number of aryl methyl sites for hydroxylation is 1. The van der Waals surface area contributed by atoms with Gasteiger partial charge in [0.15, 0.2) is 11.6 Å². The first-order valence-corrected chi connectivity index (χ1v) is 22.6. The molecule has 4 aromatic heterocycles. The SMILES string of the molecule is Cc1nc2cc(CS(C)(=O)=Nc3cc(N4CCOC[C@H]4C)nc(-n4ccc5ccccc54)n3)ccc2n1-c1nc(N=S(C)(C)=O)cc(N2CCOC[C@H]2C)n1. The molecule has 2 aliphatic heterocycles. The number of imidazole rings is 1. The van der Waals surface area contributed by atoms with E-state index in [-0.39, 0.29) is 17.8 Å². The number of hydrogen-bond acceptors (Lipinski definition) is 13. The number of benzene rings is 2. The highest BCUT2D eigenvalue weighted by Crippen LogP contribution is 2.30. The molecule has 17 heteroatoms. The van der Waals surface area contributed by atoms with Crippen molar-refractivity contribution in [3.8, 4) is 11.9 Å². The predicted molar refractivity (Wildman–Crippen MR) is 217 cm³/mol. The van der Waals surface area contributed by atoms with E-state index in [1.165, 1.54) is 0 Å². The molecule has 0 amide bonds. The molecular weight excluding hydrogens is 739 g/mol. The smallest absolute Gasteiger partial charge is 0.239 e. The third-order valence-electron chi connectivity index (χ3n) is 9.63. The molecule has 288 valence electrons. The van der Waals surface area contributed by atoms with Crippen LogP contribution in [0.5, 0.6) is 0 Å². The molecule has 3 atom stereocenters.